The van der Waals surface area contributed by atoms with Crippen molar-refractivity contribution >= 4 is 0 Å². The van der Waals surface area contributed by atoms with E-state index in [9.17, 15) is 4.39 Å². The zero-order chi connectivity index (χ0) is 5.86. The van der Waals surface area contributed by atoms with Gasteiger partial charge in [0.25, 0.3) is 0 Å². The van der Waals surface area contributed by atoms with Gasteiger partial charge in [-0.3, -0.25) is 0 Å². The Kier molecular flexibility index (Phi) is 2.87. The molecule has 2 nitrogen and oxygen atoms in total. The Labute approximate surface area is 42.1 Å². The standard InChI is InChI=1S/C4H10FNO/c1-3(7)4(6)2-5/h3-4,7H,2,6H2,1H3/t3-,4+/m1/s1. The van der Waals surface area contributed by atoms with E-state index in [-0.39, 0.29) is 0 Å². The quantitative estimate of drug-likeness (QED) is 0.507. The van der Waals surface area contributed by atoms with Crippen LogP contribution in [-0.4, -0.2) is 23.9 Å². The third-order valence-corrected chi connectivity index (χ3v) is 0.798. The highest BCUT2D eigenvalue weighted by Gasteiger charge is 2.06. The number of aliphatic hydroxyl groups excluding tert-OH is 1. The highest BCUT2D eigenvalue weighted by atomic mass is 19.1. The summed E-state index contributed by atoms with van der Waals surface area (Å²) in [4.78, 5) is 0. The number of rotatable bonds is 2. The first-order chi connectivity index (χ1) is 3.18. The van der Waals surface area contributed by atoms with E-state index >= 15 is 0 Å². The van der Waals surface area contributed by atoms with Crippen molar-refractivity contribution in [1.29, 1.82) is 0 Å². The molecule has 7 heavy (non-hydrogen) atoms. The lowest BCUT2D eigenvalue weighted by molar-refractivity contribution is 0.149. The average Bonchev–Trinajstić information content (AvgIpc) is 1.65. The molecule has 0 aliphatic rings. The SMILES string of the molecule is C[C@@H](O)[C@@H](N)CF. The second kappa shape index (κ2) is 2.93. The third-order valence-electron chi connectivity index (χ3n) is 0.798. The molecule has 3 N–H and O–H groups in total. The van der Waals surface area contributed by atoms with E-state index in [1.165, 1.54) is 6.92 Å². The summed E-state index contributed by atoms with van der Waals surface area (Å²) >= 11 is 0. The van der Waals surface area contributed by atoms with Gasteiger partial charge in [0.15, 0.2) is 0 Å². The van der Waals surface area contributed by atoms with Crippen molar-refractivity contribution in [3.63, 3.8) is 0 Å². The van der Waals surface area contributed by atoms with Gasteiger partial charge in [0.1, 0.15) is 6.67 Å². The Hall–Kier alpha value is -0.150. The van der Waals surface area contributed by atoms with Crippen LogP contribution < -0.4 is 5.73 Å². The molecule has 0 fully saturated rings. The van der Waals surface area contributed by atoms with Gasteiger partial charge in [-0.25, -0.2) is 4.39 Å². The molecule has 0 radical (unpaired) electrons. The number of hydrogen-bond donors (Lipinski definition) is 2. The van der Waals surface area contributed by atoms with Crippen LogP contribution in [0.15, 0.2) is 0 Å². The second-order valence-electron chi connectivity index (χ2n) is 1.56. The first kappa shape index (κ1) is 6.85. The van der Waals surface area contributed by atoms with Gasteiger partial charge in [-0.05, 0) is 6.92 Å². The van der Waals surface area contributed by atoms with E-state index in [0.717, 1.165) is 0 Å². The van der Waals surface area contributed by atoms with Gasteiger partial charge in [0.05, 0.1) is 12.1 Å². The van der Waals surface area contributed by atoms with E-state index in [4.69, 9.17) is 10.8 Å². The van der Waals surface area contributed by atoms with Crippen molar-refractivity contribution in [2.45, 2.75) is 19.1 Å². The smallest absolute Gasteiger partial charge is 0.107 e. The Morgan fingerprint density at radius 1 is 1.86 bits per heavy atom. The van der Waals surface area contributed by atoms with Crippen LogP contribution in [0.25, 0.3) is 0 Å². The fourth-order valence-electron chi connectivity index (χ4n) is 0.129. The van der Waals surface area contributed by atoms with Crippen LogP contribution in [0.5, 0.6) is 0 Å². The van der Waals surface area contributed by atoms with Gasteiger partial charge in [-0.15, -0.1) is 0 Å². The Morgan fingerprint density at radius 3 is 2.29 bits per heavy atom. The predicted octanol–water partition coefficient (Wildman–Crippen LogP) is -0.336. The maximum Gasteiger partial charge on any atom is 0.107 e. The average molecular weight is 107 g/mol. The normalized spacial score (nSPS) is 18.9. The van der Waals surface area contributed by atoms with Gasteiger partial charge in [-0.2, -0.15) is 0 Å². The van der Waals surface area contributed by atoms with Crippen LogP contribution in [0.1, 0.15) is 6.92 Å². The van der Waals surface area contributed by atoms with E-state index in [0.29, 0.717) is 0 Å². The fourth-order valence-corrected chi connectivity index (χ4v) is 0.129. The van der Waals surface area contributed by atoms with Gasteiger partial charge < -0.3 is 10.8 Å². The number of aliphatic hydroxyl groups is 1. The van der Waals surface area contributed by atoms with Crippen LogP contribution in [0.4, 0.5) is 4.39 Å². The van der Waals surface area contributed by atoms with Gasteiger partial charge in [-0.1, -0.05) is 0 Å². The molecule has 0 spiro atoms. The van der Waals surface area contributed by atoms with Gasteiger partial charge in [0, 0.05) is 0 Å². The third kappa shape index (κ3) is 2.53. The lowest BCUT2D eigenvalue weighted by atomic mass is 10.2. The topological polar surface area (TPSA) is 46.2 Å². The summed E-state index contributed by atoms with van der Waals surface area (Å²) < 4.78 is 11.4. The van der Waals surface area contributed by atoms with Crippen molar-refractivity contribution in [3.05, 3.63) is 0 Å². The highest BCUT2D eigenvalue weighted by Crippen LogP contribution is 1.86. The van der Waals surface area contributed by atoms with Crippen LogP contribution >= 0.6 is 0 Å². The van der Waals surface area contributed by atoms with Gasteiger partial charge in [0.2, 0.25) is 0 Å². The molecular formula is C4H10FNO. The first-order valence-corrected chi connectivity index (χ1v) is 2.18. The maximum absolute atomic E-state index is 11.4. The Morgan fingerprint density at radius 2 is 2.29 bits per heavy atom. The predicted molar refractivity (Wildman–Crippen MR) is 25.6 cm³/mol. The summed E-state index contributed by atoms with van der Waals surface area (Å²) in [6.07, 6.45) is -0.731. The van der Waals surface area contributed by atoms with Crippen molar-refractivity contribution in [3.8, 4) is 0 Å². The molecule has 0 aromatic heterocycles. The monoisotopic (exact) mass is 107 g/mol. The molecular weight excluding hydrogens is 97.0 g/mol. The molecule has 0 bridgehead atoms. The fraction of sp³-hybridized carbons (Fsp3) is 1.00. The molecule has 0 aliphatic carbocycles. The molecule has 3 heteroatoms. The first-order valence-electron chi connectivity index (χ1n) is 2.18. The summed E-state index contributed by atoms with van der Waals surface area (Å²) in [5, 5.41) is 8.46. The van der Waals surface area contributed by atoms with Crippen molar-refractivity contribution in [1.82, 2.24) is 0 Å². The number of alkyl halides is 1. The van der Waals surface area contributed by atoms with E-state index in [2.05, 4.69) is 0 Å². The largest absolute Gasteiger partial charge is 0.392 e. The molecule has 0 heterocycles. The van der Waals surface area contributed by atoms with Crippen molar-refractivity contribution in [2.24, 2.45) is 5.73 Å². The molecule has 44 valence electrons. The summed E-state index contributed by atoms with van der Waals surface area (Å²) in [6, 6.07) is -0.708. The van der Waals surface area contributed by atoms with Crippen LogP contribution in [0, 0.1) is 0 Å². The molecule has 0 aromatic rings. The summed E-state index contributed by atoms with van der Waals surface area (Å²) in [6.45, 7) is 0.807. The van der Waals surface area contributed by atoms with Crippen LogP contribution in [0.3, 0.4) is 0 Å². The number of hydrogen-bond acceptors (Lipinski definition) is 2. The van der Waals surface area contributed by atoms with Crippen molar-refractivity contribution in [2.75, 3.05) is 6.67 Å². The van der Waals surface area contributed by atoms with E-state index in [1.54, 1.807) is 0 Å². The minimum Gasteiger partial charge on any atom is -0.392 e. The zero-order valence-corrected chi connectivity index (χ0v) is 4.26. The molecule has 0 rings (SSSR count). The minimum atomic E-state index is -0.731. The van der Waals surface area contributed by atoms with Crippen LogP contribution in [0.2, 0.25) is 0 Å². The van der Waals surface area contributed by atoms with E-state index in [1.807, 2.05) is 0 Å². The molecule has 0 amide bonds. The minimum absolute atomic E-state index is 0.655. The lowest BCUT2D eigenvalue weighted by Gasteiger charge is -2.07. The van der Waals surface area contributed by atoms with E-state index < -0.39 is 18.8 Å². The zero-order valence-electron chi connectivity index (χ0n) is 4.26. The molecule has 0 aliphatic heterocycles. The summed E-state index contributed by atoms with van der Waals surface area (Å²) in [5.74, 6) is 0. The maximum atomic E-state index is 11.4. The molecule has 2 atom stereocenters. The van der Waals surface area contributed by atoms with Gasteiger partial charge >= 0.3 is 0 Å². The highest BCUT2D eigenvalue weighted by molar-refractivity contribution is 4.64. The Balaban J connectivity index is 3.14. The second-order valence-corrected chi connectivity index (χ2v) is 1.56. The lowest BCUT2D eigenvalue weighted by Crippen LogP contribution is -2.34. The molecule has 0 unspecified atom stereocenters. The summed E-state index contributed by atoms with van der Waals surface area (Å²) in [7, 11) is 0. The molecule has 0 aromatic carbocycles. The molecule has 0 saturated heterocycles. The molecule has 0 saturated carbocycles. The van der Waals surface area contributed by atoms with Crippen LogP contribution in [-0.2, 0) is 0 Å². The van der Waals surface area contributed by atoms with Crippen molar-refractivity contribution < 1.29 is 9.50 Å². The summed E-state index contributed by atoms with van der Waals surface area (Å²) in [5.41, 5.74) is 4.99. The number of halogens is 1. The Bertz CT molecular complexity index is 49.0. The number of nitrogens with two attached hydrogens (primary N) is 1.